The summed E-state index contributed by atoms with van der Waals surface area (Å²) in [6.07, 6.45) is 4.01. The molecule has 4 nitrogen and oxygen atoms in total. The zero-order valence-corrected chi connectivity index (χ0v) is 12.2. The van der Waals surface area contributed by atoms with E-state index >= 15 is 0 Å². The Balaban J connectivity index is 1.89. The Bertz CT molecular complexity index is 579. The summed E-state index contributed by atoms with van der Waals surface area (Å²) >= 11 is 3.54. The van der Waals surface area contributed by atoms with E-state index < -0.39 is 0 Å². The first-order valence-corrected chi connectivity index (χ1v) is 7.07. The average Bonchev–Trinajstić information content (AvgIpc) is 3.15. The van der Waals surface area contributed by atoms with Crippen molar-refractivity contribution in [2.24, 2.45) is 0 Å². The number of nitrogens with zero attached hydrogens (tertiary/aromatic N) is 1. The number of oxazole rings is 1. The lowest BCUT2D eigenvalue weighted by molar-refractivity contribution is 0.414. The number of ether oxygens (including phenoxy) is 1. The van der Waals surface area contributed by atoms with Crippen LogP contribution in [0.15, 0.2) is 33.5 Å². The fourth-order valence-corrected chi connectivity index (χ4v) is 2.37. The van der Waals surface area contributed by atoms with E-state index in [1.165, 1.54) is 19.2 Å². The largest absolute Gasteiger partial charge is 0.497 e. The summed E-state index contributed by atoms with van der Waals surface area (Å²) in [5.41, 5.74) is 1.89. The number of benzene rings is 1. The van der Waals surface area contributed by atoms with Crippen LogP contribution < -0.4 is 10.1 Å². The van der Waals surface area contributed by atoms with Gasteiger partial charge in [-0.2, -0.15) is 0 Å². The van der Waals surface area contributed by atoms with Crippen molar-refractivity contribution in [3.8, 4) is 17.1 Å². The van der Waals surface area contributed by atoms with Crippen LogP contribution >= 0.6 is 15.9 Å². The van der Waals surface area contributed by atoms with Gasteiger partial charge in [0.05, 0.1) is 7.11 Å². The number of hydrogen-bond acceptors (Lipinski definition) is 4. The van der Waals surface area contributed by atoms with Crippen LogP contribution in [0, 0.1) is 0 Å². The van der Waals surface area contributed by atoms with Gasteiger partial charge in [-0.05, 0) is 31.0 Å². The van der Waals surface area contributed by atoms with Crippen LogP contribution in [0.25, 0.3) is 11.3 Å². The molecular weight excluding hydrogens is 308 g/mol. The van der Waals surface area contributed by atoms with Gasteiger partial charge < -0.3 is 14.5 Å². The monoisotopic (exact) mass is 322 g/mol. The Morgan fingerprint density at radius 3 is 3.05 bits per heavy atom. The van der Waals surface area contributed by atoms with E-state index in [1.807, 2.05) is 18.2 Å². The third-order valence-electron chi connectivity index (χ3n) is 3.19. The second-order valence-electron chi connectivity index (χ2n) is 4.63. The Kier molecular flexibility index (Phi) is 3.57. The Morgan fingerprint density at radius 1 is 1.47 bits per heavy atom. The van der Waals surface area contributed by atoms with Crippen LogP contribution in [0.4, 0.5) is 0 Å². The quantitative estimate of drug-likeness (QED) is 0.916. The highest BCUT2D eigenvalue weighted by molar-refractivity contribution is 9.10. The molecule has 19 heavy (non-hydrogen) atoms. The highest BCUT2D eigenvalue weighted by atomic mass is 79.9. The molecule has 1 aromatic heterocycles. The highest BCUT2D eigenvalue weighted by Gasteiger charge is 2.22. The van der Waals surface area contributed by atoms with Gasteiger partial charge in [0.25, 0.3) is 0 Å². The summed E-state index contributed by atoms with van der Waals surface area (Å²) in [6.45, 7) is 0.736. The van der Waals surface area contributed by atoms with Crippen molar-refractivity contribution in [2.75, 3.05) is 7.11 Å². The molecule has 1 N–H and O–H groups in total. The molecule has 0 unspecified atom stereocenters. The molecule has 2 aromatic rings. The van der Waals surface area contributed by atoms with Gasteiger partial charge in [-0.3, -0.25) is 0 Å². The maximum atomic E-state index is 5.55. The molecule has 0 spiro atoms. The maximum absolute atomic E-state index is 5.55. The molecule has 1 saturated carbocycles. The number of methoxy groups -OCH3 is 1. The molecule has 1 heterocycles. The van der Waals surface area contributed by atoms with E-state index in [0.29, 0.717) is 6.04 Å². The Hall–Kier alpha value is -1.33. The second-order valence-corrected chi connectivity index (χ2v) is 5.48. The van der Waals surface area contributed by atoms with E-state index in [0.717, 1.165) is 33.8 Å². The lowest BCUT2D eigenvalue weighted by Gasteiger charge is -2.07. The molecule has 1 aromatic carbocycles. The number of nitrogens with one attached hydrogen (secondary N) is 1. The van der Waals surface area contributed by atoms with Crippen molar-refractivity contribution in [3.05, 3.63) is 34.8 Å². The second kappa shape index (κ2) is 5.35. The van der Waals surface area contributed by atoms with Gasteiger partial charge in [0, 0.05) is 22.6 Å². The van der Waals surface area contributed by atoms with Gasteiger partial charge in [-0.1, -0.05) is 15.9 Å². The van der Waals surface area contributed by atoms with Crippen LogP contribution in [-0.2, 0) is 6.54 Å². The minimum Gasteiger partial charge on any atom is -0.497 e. The van der Waals surface area contributed by atoms with Gasteiger partial charge >= 0.3 is 0 Å². The van der Waals surface area contributed by atoms with Gasteiger partial charge in [-0.25, -0.2) is 4.98 Å². The average molecular weight is 323 g/mol. The summed E-state index contributed by atoms with van der Waals surface area (Å²) in [7, 11) is 1.66. The predicted molar refractivity (Wildman–Crippen MR) is 76.1 cm³/mol. The molecule has 1 aliphatic carbocycles. The van der Waals surface area contributed by atoms with E-state index in [2.05, 4.69) is 26.2 Å². The zero-order valence-electron chi connectivity index (χ0n) is 10.6. The minimum absolute atomic E-state index is 0.651. The highest BCUT2D eigenvalue weighted by Crippen LogP contribution is 2.33. The molecule has 0 atom stereocenters. The van der Waals surface area contributed by atoms with Crippen molar-refractivity contribution in [1.29, 1.82) is 0 Å². The summed E-state index contributed by atoms with van der Waals surface area (Å²) < 4.78 is 11.8. The van der Waals surface area contributed by atoms with Crippen molar-refractivity contribution >= 4 is 15.9 Å². The fraction of sp³-hybridized carbons (Fsp3) is 0.357. The van der Waals surface area contributed by atoms with Crippen molar-refractivity contribution < 1.29 is 9.15 Å². The number of hydrogen-bond donors (Lipinski definition) is 1. The van der Waals surface area contributed by atoms with E-state index in [4.69, 9.17) is 9.15 Å². The molecule has 0 saturated heterocycles. The van der Waals surface area contributed by atoms with E-state index in [-0.39, 0.29) is 0 Å². The Morgan fingerprint density at radius 2 is 2.32 bits per heavy atom. The molecule has 1 aliphatic rings. The van der Waals surface area contributed by atoms with Gasteiger partial charge in [0.1, 0.15) is 11.4 Å². The van der Waals surface area contributed by atoms with Gasteiger partial charge in [0.2, 0.25) is 0 Å². The van der Waals surface area contributed by atoms with Crippen molar-refractivity contribution in [3.63, 3.8) is 0 Å². The minimum atomic E-state index is 0.651. The molecule has 5 heteroatoms. The van der Waals surface area contributed by atoms with Crippen molar-refractivity contribution in [2.45, 2.75) is 25.4 Å². The standard InChI is InChI=1S/C14H15BrN2O2/c1-18-10-4-5-12(15)11(6-10)14-13(17-8-19-14)7-16-9-2-3-9/h4-6,8-9,16H,2-3,7H2,1H3. The molecule has 0 radical (unpaired) electrons. The first-order chi connectivity index (χ1) is 9.28. The predicted octanol–water partition coefficient (Wildman–Crippen LogP) is 3.36. The van der Waals surface area contributed by atoms with Crippen molar-refractivity contribution in [1.82, 2.24) is 10.3 Å². The third kappa shape index (κ3) is 2.82. The molecular formula is C14H15BrN2O2. The third-order valence-corrected chi connectivity index (χ3v) is 3.89. The normalized spacial score (nSPS) is 14.6. The van der Waals surface area contributed by atoms with Crippen LogP contribution in [0.2, 0.25) is 0 Å². The number of rotatable bonds is 5. The maximum Gasteiger partial charge on any atom is 0.181 e. The molecule has 0 amide bonds. The summed E-state index contributed by atoms with van der Waals surface area (Å²) in [5.74, 6) is 1.59. The molecule has 0 bridgehead atoms. The lowest BCUT2D eigenvalue weighted by atomic mass is 10.1. The molecule has 0 aliphatic heterocycles. The van der Waals surface area contributed by atoms with Crippen LogP contribution in [-0.4, -0.2) is 18.1 Å². The molecule has 100 valence electrons. The molecule has 3 rings (SSSR count). The lowest BCUT2D eigenvalue weighted by Crippen LogP contribution is -2.16. The van der Waals surface area contributed by atoms with Crippen LogP contribution in [0.1, 0.15) is 18.5 Å². The molecule has 1 fully saturated rings. The van der Waals surface area contributed by atoms with Gasteiger partial charge in [-0.15, -0.1) is 0 Å². The van der Waals surface area contributed by atoms with Crippen LogP contribution in [0.5, 0.6) is 5.75 Å². The number of halogens is 1. The van der Waals surface area contributed by atoms with E-state index in [9.17, 15) is 0 Å². The topological polar surface area (TPSA) is 47.3 Å². The van der Waals surface area contributed by atoms with Crippen LogP contribution in [0.3, 0.4) is 0 Å². The first-order valence-electron chi connectivity index (χ1n) is 6.27. The Labute approximate surface area is 120 Å². The SMILES string of the molecule is COc1ccc(Br)c(-c2ocnc2CNC2CC2)c1. The summed E-state index contributed by atoms with van der Waals surface area (Å²) in [4.78, 5) is 4.30. The number of aromatic nitrogens is 1. The first kappa shape index (κ1) is 12.7. The summed E-state index contributed by atoms with van der Waals surface area (Å²) in [6, 6.07) is 6.46. The van der Waals surface area contributed by atoms with E-state index in [1.54, 1.807) is 7.11 Å². The fourth-order valence-electron chi connectivity index (χ4n) is 1.95. The van der Waals surface area contributed by atoms with Gasteiger partial charge in [0.15, 0.2) is 12.2 Å². The zero-order chi connectivity index (χ0) is 13.2. The smallest absolute Gasteiger partial charge is 0.181 e. The summed E-state index contributed by atoms with van der Waals surface area (Å²) in [5, 5.41) is 3.45.